The summed E-state index contributed by atoms with van der Waals surface area (Å²) in [6, 6.07) is -0.0723. The average molecular weight is 336 g/mol. The molecule has 0 aliphatic heterocycles. The second-order valence-electron chi connectivity index (χ2n) is 6.98. The monoisotopic (exact) mass is 336 g/mol. The SMILES string of the molecule is COC(=O)C1C2CCC(C2)C1NC(=O)Cc1csc(C(C)C)n1. The summed E-state index contributed by atoms with van der Waals surface area (Å²) in [4.78, 5) is 28.9. The third kappa shape index (κ3) is 3.27. The Labute approximate surface area is 140 Å². The number of methoxy groups -OCH3 is 1. The quantitative estimate of drug-likeness (QED) is 0.839. The van der Waals surface area contributed by atoms with Crippen molar-refractivity contribution in [2.24, 2.45) is 17.8 Å². The van der Waals surface area contributed by atoms with Gasteiger partial charge in [0.1, 0.15) is 0 Å². The van der Waals surface area contributed by atoms with Crippen molar-refractivity contribution in [1.82, 2.24) is 10.3 Å². The van der Waals surface area contributed by atoms with E-state index in [9.17, 15) is 9.59 Å². The van der Waals surface area contributed by atoms with Gasteiger partial charge < -0.3 is 10.1 Å². The maximum atomic E-state index is 12.4. The number of carbonyl (C=O) groups is 2. The smallest absolute Gasteiger partial charge is 0.311 e. The van der Waals surface area contributed by atoms with Gasteiger partial charge in [-0.15, -0.1) is 11.3 Å². The van der Waals surface area contributed by atoms with Crippen LogP contribution in [0.5, 0.6) is 0 Å². The minimum absolute atomic E-state index is 0.0444. The minimum Gasteiger partial charge on any atom is -0.469 e. The lowest BCUT2D eigenvalue weighted by Crippen LogP contribution is -2.47. The van der Waals surface area contributed by atoms with E-state index in [1.807, 2.05) is 5.38 Å². The van der Waals surface area contributed by atoms with E-state index in [0.717, 1.165) is 30.0 Å². The number of fused-ring (bicyclic) bond motifs is 2. The van der Waals surface area contributed by atoms with Crippen LogP contribution in [0.2, 0.25) is 0 Å². The van der Waals surface area contributed by atoms with E-state index in [2.05, 4.69) is 24.1 Å². The first kappa shape index (κ1) is 16.4. The Morgan fingerprint density at radius 2 is 2.13 bits per heavy atom. The molecule has 2 saturated carbocycles. The van der Waals surface area contributed by atoms with Crippen LogP contribution in [0.15, 0.2) is 5.38 Å². The van der Waals surface area contributed by atoms with Gasteiger partial charge >= 0.3 is 5.97 Å². The number of hydrogen-bond acceptors (Lipinski definition) is 5. The summed E-state index contributed by atoms with van der Waals surface area (Å²) in [5.41, 5.74) is 0.814. The van der Waals surface area contributed by atoms with Crippen molar-refractivity contribution in [3.63, 3.8) is 0 Å². The van der Waals surface area contributed by atoms with Gasteiger partial charge in [0.2, 0.25) is 5.91 Å². The predicted molar refractivity (Wildman–Crippen MR) is 88.2 cm³/mol. The van der Waals surface area contributed by atoms with Gasteiger partial charge in [0.15, 0.2) is 0 Å². The molecule has 2 bridgehead atoms. The van der Waals surface area contributed by atoms with Crippen molar-refractivity contribution in [2.45, 2.75) is 51.5 Å². The van der Waals surface area contributed by atoms with E-state index < -0.39 is 0 Å². The zero-order chi connectivity index (χ0) is 16.6. The molecule has 0 spiro atoms. The molecule has 2 aliphatic rings. The van der Waals surface area contributed by atoms with Crippen LogP contribution in [-0.4, -0.2) is 30.0 Å². The molecule has 6 heteroatoms. The van der Waals surface area contributed by atoms with Crippen LogP contribution in [0.4, 0.5) is 0 Å². The lowest BCUT2D eigenvalue weighted by atomic mass is 9.84. The van der Waals surface area contributed by atoms with Crippen LogP contribution < -0.4 is 5.32 Å². The third-order valence-electron chi connectivity index (χ3n) is 5.12. The largest absolute Gasteiger partial charge is 0.469 e. The molecule has 1 aromatic heterocycles. The molecular formula is C17H24N2O3S. The summed E-state index contributed by atoms with van der Waals surface area (Å²) in [6.07, 6.45) is 3.47. The molecule has 1 N–H and O–H groups in total. The van der Waals surface area contributed by atoms with Crippen molar-refractivity contribution >= 4 is 23.2 Å². The summed E-state index contributed by atoms with van der Waals surface area (Å²) in [6.45, 7) is 4.19. The van der Waals surface area contributed by atoms with E-state index in [0.29, 0.717) is 17.8 Å². The van der Waals surface area contributed by atoms with Crippen molar-refractivity contribution in [3.05, 3.63) is 16.1 Å². The fourth-order valence-electron chi connectivity index (χ4n) is 4.04. The maximum Gasteiger partial charge on any atom is 0.311 e. The van der Waals surface area contributed by atoms with Crippen molar-refractivity contribution < 1.29 is 14.3 Å². The first-order valence-electron chi connectivity index (χ1n) is 8.31. The number of rotatable bonds is 5. The molecule has 126 valence electrons. The van der Waals surface area contributed by atoms with E-state index >= 15 is 0 Å². The van der Waals surface area contributed by atoms with Gasteiger partial charge in [-0.3, -0.25) is 9.59 Å². The highest BCUT2D eigenvalue weighted by molar-refractivity contribution is 7.09. The first-order chi connectivity index (χ1) is 11.0. The molecule has 0 saturated heterocycles. The molecule has 1 heterocycles. The molecule has 3 rings (SSSR count). The second-order valence-corrected chi connectivity index (χ2v) is 7.87. The molecule has 4 atom stereocenters. The Bertz CT molecular complexity index is 598. The van der Waals surface area contributed by atoms with Crippen LogP contribution in [0.1, 0.15) is 49.7 Å². The van der Waals surface area contributed by atoms with Crippen molar-refractivity contribution in [1.29, 1.82) is 0 Å². The van der Waals surface area contributed by atoms with E-state index in [1.54, 1.807) is 11.3 Å². The number of esters is 1. The summed E-state index contributed by atoms with van der Waals surface area (Å²) in [5.74, 6) is 0.755. The van der Waals surface area contributed by atoms with Crippen molar-refractivity contribution in [3.8, 4) is 0 Å². The lowest BCUT2D eigenvalue weighted by molar-refractivity contribution is -0.148. The van der Waals surface area contributed by atoms with Crippen LogP contribution in [0.25, 0.3) is 0 Å². The molecule has 23 heavy (non-hydrogen) atoms. The highest BCUT2D eigenvalue weighted by atomic mass is 32.1. The number of carbonyl (C=O) groups excluding carboxylic acids is 2. The van der Waals surface area contributed by atoms with E-state index in [1.165, 1.54) is 7.11 Å². The van der Waals surface area contributed by atoms with E-state index in [4.69, 9.17) is 4.74 Å². The second kappa shape index (κ2) is 6.59. The molecule has 1 amide bonds. The Kier molecular flexibility index (Phi) is 4.71. The van der Waals surface area contributed by atoms with Gasteiger partial charge in [-0.1, -0.05) is 13.8 Å². The van der Waals surface area contributed by atoms with Crippen molar-refractivity contribution in [2.75, 3.05) is 7.11 Å². The summed E-state index contributed by atoms with van der Waals surface area (Å²) in [5, 5.41) is 6.10. The predicted octanol–water partition coefficient (Wildman–Crippen LogP) is 2.51. The van der Waals surface area contributed by atoms with Crippen LogP contribution in [0.3, 0.4) is 0 Å². The average Bonchev–Trinajstić information content (AvgIpc) is 3.21. The molecule has 2 fully saturated rings. The highest BCUT2D eigenvalue weighted by Gasteiger charge is 2.51. The van der Waals surface area contributed by atoms with Crippen LogP contribution in [0, 0.1) is 17.8 Å². The first-order valence-corrected chi connectivity index (χ1v) is 9.19. The van der Waals surface area contributed by atoms with Gasteiger partial charge in [0.05, 0.1) is 30.2 Å². The number of amides is 1. The van der Waals surface area contributed by atoms with Gasteiger partial charge in [-0.05, 0) is 31.1 Å². The van der Waals surface area contributed by atoms with Gasteiger partial charge in [0, 0.05) is 17.3 Å². The van der Waals surface area contributed by atoms with Gasteiger partial charge in [-0.25, -0.2) is 4.98 Å². The summed E-state index contributed by atoms with van der Waals surface area (Å²) >= 11 is 1.60. The molecule has 4 unspecified atom stereocenters. The van der Waals surface area contributed by atoms with Gasteiger partial charge in [-0.2, -0.15) is 0 Å². The normalized spacial score (nSPS) is 29.0. The van der Waals surface area contributed by atoms with E-state index in [-0.39, 0.29) is 30.3 Å². The van der Waals surface area contributed by atoms with Crippen LogP contribution in [-0.2, 0) is 20.7 Å². The summed E-state index contributed by atoms with van der Waals surface area (Å²) < 4.78 is 4.95. The minimum atomic E-state index is -0.182. The molecule has 1 aromatic rings. The van der Waals surface area contributed by atoms with Gasteiger partial charge in [0.25, 0.3) is 0 Å². The number of thiazole rings is 1. The number of nitrogens with one attached hydrogen (secondary N) is 1. The summed E-state index contributed by atoms with van der Waals surface area (Å²) in [7, 11) is 1.43. The fourth-order valence-corrected chi connectivity index (χ4v) is 4.88. The lowest BCUT2D eigenvalue weighted by Gasteiger charge is -2.29. The Morgan fingerprint density at radius 1 is 1.39 bits per heavy atom. The number of ether oxygens (including phenoxy) is 1. The third-order valence-corrected chi connectivity index (χ3v) is 6.32. The molecule has 2 aliphatic carbocycles. The number of nitrogens with zero attached hydrogens (tertiary/aromatic N) is 1. The van der Waals surface area contributed by atoms with Crippen LogP contribution >= 0.6 is 11.3 Å². The highest BCUT2D eigenvalue weighted by Crippen LogP contribution is 2.48. The molecular weight excluding hydrogens is 312 g/mol. The fraction of sp³-hybridized carbons (Fsp3) is 0.706. The Hall–Kier alpha value is -1.43. The Balaban J connectivity index is 1.63. The standard InChI is InChI=1S/C17H24N2O3S/c1-9(2)16-18-12(8-23-16)7-13(20)19-15-11-5-4-10(6-11)14(15)17(21)22-3/h8-11,14-15H,4-7H2,1-3H3,(H,19,20). The number of aromatic nitrogens is 1. The molecule has 0 aromatic carbocycles. The Morgan fingerprint density at radius 3 is 2.78 bits per heavy atom. The molecule has 5 nitrogen and oxygen atoms in total. The zero-order valence-corrected chi connectivity index (χ0v) is 14.7. The molecule has 0 radical (unpaired) electrons. The zero-order valence-electron chi connectivity index (χ0n) is 13.9. The topological polar surface area (TPSA) is 68.3 Å². The maximum absolute atomic E-state index is 12.4. The number of hydrogen-bond donors (Lipinski definition) is 1.